The summed E-state index contributed by atoms with van der Waals surface area (Å²) in [6.07, 6.45) is -0.318. The van der Waals surface area contributed by atoms with Crippen LogP contribution in [-0.4, -0.2) is 63.4 Å². The number of carbonyl (C=O) groups is 1. The quantitative estimate of drug-likeness (QED) is 0.535. The molecule has 2 rings (SSSR count). The van der Waals surface area contributed by atoms with Crippen molar-refractivity contribution in [2.45, 2.75) is 40.2 Å². The number of methoxy groups -OCH3 is 1. The molecule has 0 spiro atoms. The van der Waals surface area contributed by atoms with Crippen LogP contribution in [-0.2, 0) is 11.8 Å². The molecule has 1 amide bonds. The number of aromatic nitrogens is 4. The number of likely N-dealkylation sites (N-methyl/N-ethyl adjacent to an activating group) is 1. The number of hydrogen-bond donors (Lipinski definition) is 2. The number of amides is 1. The highest BCUT2D eigenvalue weighted by molar-refractivity contribution is 6.07. The maximum atomic E-state index is 12.9. The molecule has 2 aromatic rings. The number of aromatic amines is 1. The van der Waals surface area contributed by atoms with Crippen LogP contribution in [0.5, 0.6) is 0 Å². The van der Waals surface area contributed by atoms with Crippen LogP contribution >= 0.6 is 0 Å². The second kappa shape index (κ2) is 11.2. The summed E-state index contributed by atoms with van der Waals surface area (Å²) in [6.45, 7) is 8.33. The fourth-order valence-electron chi connectivity index (χ4n) is 2.31. The molecule has 2 heterocycles. The van der Waals surface area contributed by atoms with Crippen molar-refractivity contribution in [3.8, 4) is 0 Å². The van der Waals surface area contributed by atoms with E-state index in [1.165, 1.54) is 10.9 Å². The Hall–Kier alpha value is -2.82. The number of hydrogen-bond acceptors (Lipinski definition) is 5. The number of anilines is 1. The topological polar surface area (TPSA) is 100 Å². The minimum Gasteiger partial charge on any atom is -0.380 e. The van der Waals surface area contributed by atoms with Crippen LogP contribution in [0.15, 0.2) is 17.4 Å². The van der Waals surface area contributed by atoms with Gasteiger partial charge in [-0.3, -0.25) is 14.6 Å². The lowest BCUT2D eigenvalue weighted by atomic mass is 10.3. The average molecular weight is 413 g/mol. The number of amidine groups is 1. The van der Waals surface area contributed by atoms with Gasteiger partial charge in [-0.25, -0.2) is 13.8 Å². The van der Waals surface area contributed by atoms with E-state index in [1.807, 2.05) is 32.7 Å². The Bertz CT molecular complexity index is 817. The van der Waals surface area contributed by atoms with Gasteiger partial charge in [0, 0.05) is 27.7 Å². The van der Waals surface area contributed by atoms with Crippen molar-refractivity contribution in [1.82, 2.24) is 24.9 Å². The highest BCUT2D eigenvalue weighted by atomic mass is 19.3. The zero-order valence-electron chi connectivity index (χ0n) is 17.8. The molecule has 0 bridgehead atoms. The first-order valence-electron chi connectivity index (χ1n) is 9.18. The number of carbonyl (C=O) groups excluding carboxylic acids is 1. The SMILES string of the molecule is CC.CO[C@H](C)CN(C)/C(C)=N/c1c(C(=O)Nc2cn[nH]c2C(F)F)cnn1C. The van der Waals surface area contributed by atoms with Gasteiger partial charge in [-0.1, -0.05) is 13.8 Å². The van der Waals surface area contributed by atoms with E-state index in [4.69, 9.17) is 4.74 Å². The van der Waals surface area contributed by atoms with Crippen LogP contribution in [0.1, 0.15) is 50.2 Å². The van der Waals surface area contributed by atoms with Crippen molar-refractivity contribution in [1.29, 1.82) is 0 Å². The molecule has 2 aromatic heterocycles. The van der Waals surface area contributed by atoms with E-state index in [2.05, 4.69) is 25.6 Å². The first-order chi connectivity index (χ1) is 13.7. The molecule has 0 radical (unpaired) electrons. The number of aliphatic imine (C=N–C) groups is 1. The lowest BCUT2D eigenvalue weighted by molar-refractivity contribution is 0.101. The Morgan fingerprint density at radius 3 is 2.66 bits per heavy atom. The zero-order chi connectivity index (χ0) is 22.1. The largest absolute Gasteiger partial charge is 0.380 e. The van der Waals surface area contributed by atoms with Crippen molar-refractivity contribution in [3.63, 3.8) is 0 Å². The van der Waals surface area contributed by atoms with Crippen LogP contribution in [0.25, 0.3) is 0 Å². The van der Waals surface area contributed by atoms with Gasteiger partial charge in [0.15, 0.2) is 5.82 Å². The highest BCUT2D eigenvalue weighted by Crippen LogP contribution is 2.26. The van der Waals surface area contributed by atoms with Crippen molar-refractivity contribution in [2.75, 3.05) is 26.0 Å². The van der Waals surface area contributed by atoms with Gasteiger partial charge in [0.25, 0.3) is 12.3 Å². The smallest absolute Gasteiger partial charge is 0.281 e. The van der Waals surface area contributed by atoms with Crippen LogP contribution in [0.2, 0.25) is 0 Å². The molecule has 29 heavy (non-hydrogen) atoms. The van der Waals surface area contributed by atoms with Gasteiger partial charge in [0.2, 0.25) is 0 Å². The number of nitrogens with zero attached hydrogens (tertiary/aromatic N) is 5. The van der Waals surface area contributed by atoms with E-state index in [0.29, 0.717) is 18.2 Å². The number of aryl methyl sites for hydroxylation is 1. The number of nitrogens with one attached hydrogen (secondary N) is 2. The standard InChI is InChI=1S/C16H23F2N7O2.C2H6/c1-9(27-5)8-24(3)10(2)21-15-11(6-20-25(15)4)16(26)22-12-7-19-23-13(12)14(17)18;1-2/h6-7,9,14H,8H2,1-5H3,(H,19,23)(H,22,26);1-2H3/b21-10+;/t9-;/m1./s1. The van der Waals surface area contributed by atoms with Gasteiger partial charge in [0.05, 0.1) is 24.2 Å². The molecular formula is C18H29F2N7O2. The lowest BCUT2D eigenvalue weighted by Crippen LogP contribution is -2.32. The average Bonchev–Trinajstić information content (AvgIpc) is 3.30. The second-order valence-corrected chi connectivity index (χ2v) is 6.04. The summed E-state index contributed by atoms with van der Waals surface area (Å²) in [5, 5.41) is 12.2. The van der Waals surface area contributed by atoms with E-state index in [0.717, 1.165) is 6.20 Å². The normalized spacial score (nSPS) is 12.4. The minimum absolute atomic E-state index is 0.00307. The number of rotatable bonds is 7. The maximum Gasteiger partial charge on any atom is 0.281 e. The summed E-state index contributed by atoms with van der Waals surface area (Å²) < 4.78 is 32.5. The fourth-order valence-corrected chi connectivity index (χ4v) is 2.31. The number of ether oxygens (including phenoxy) is 1. The van der Waals surface area contributed by atoms with Crippen LogP contribution in [0.3, 0.4) is 0 Å². The maximum absolute atomic E-state index is 12.9. The Kier molecular flexibility index (Phi) is 9.39. The Labute approximate surface area is 169 Å². The molecule has 0 aliphatic rings. The van der Waals surface area contributed by atoms with Crippen molar-refractivity contribution in [3.05, 3.63) is 23.7 Å². The molecule has 1 atom stereocenters. The lowest BCUT2D eigenvalue weighted by Gasteiger charge is -2.22. The Morgan fingerprint density at radius 1 is 1.41 bits per heavy atom. The van der Waals surface area contributed by atoms with Crippen molar-refractivity contribution in [2.24, 2.45) is 12.0 Å². The number of halogens is 2. The Balaban J connectivity index is 0.00000204. The van der Waals surface area contributed by atoms with Crippen LogP contribution in [0, 0.1) is 0 Å². The second-order valence-electron chi connectivity index (χ2n) is 6.04. The molecule has 11 heteroatoms. The van der Waals surface area contributed by atoms with Gasteiger partial charge in [-0.05, 0) is 13.8 Å². The molecule has 0 saturated heterocycles. The summed E-state index contributed by atoms with van der Waals surface area (Å²) in [5.41, 5.74) is -0.384. The molecule has 0 fully saturated rings. The van der Waals surface area contributed by atoms with E-state index >= 15 is 0 Å². The van der Waals surface area contributed by atoms with Gasteiger partial charge in [-0.2, -0.15) is 10.2 Å². The number of alkyl halides is 2. The van der Waals surface area contributed by atoms with Crippen LogP contribution in [0.4, 0.5) is 20.3 Å². The van der Waals surface area contributed by atoms with E-state index in [-0.39, 0.29) is 17.4 Å². The summed E-state index contributed by atoms with van der Waals surface area (Å²) in [5.74, 6) is 0.350. The number of H-pyrrole nitrogens is 1. The summed E-state index contributed by atoms with van der Waals surface area (Å²) in [6, 6.07) is 0. The molecule has 162 valence electrons. The first kappa shape index (κ1) is 24.2. The summed E-state index contributed by atoms with van der Waals surface area (Å²) in [4.78, 5) is 18.9. The molecule has 0 aromatic carbocycles. The van der Waals surface area contributed by atoms with E-state index < -0.39 is 18.0 Å². The van der Waals surface area contributed by atoms with Gasteiger partial charge < -0.3 is 15.0 Å². The molecular weight excluding hydrogens is 384 g/mol. The summed E-state index contributed by atoms with van der Waals surface area (Å²) >= 11 is 0. The van der Waals surface area contributed by atoms with Gasteiger partial charge in [0.1, 0.15) is 17.1 Å². The fraction of sp³-hybridized carbons (Fsp3) is 0.556. The zero-order valence-corrected chi connectivity index (χ0v) is 17.8. The molecule has 0 saturated carbocycles. The first-order valence-corrected chi connectivity index (χ1v) is 9.18. The Morgan fingerprint density at radius 2 is 2.07 bits per heavy atom. The van der Waals surface area contributed by atoms with Crippen LogP contribution < -0.4 is 5.32 Å². The highest BCUT2D eigenvalue weighted by Gasteiger charge is 2.21. The molecule has 0 unspecified atom stereocenters. The van der Waals surface area contributed by atoms with Crippen molar-refractivity contribution >= 4 is 23.2 Å². The van der Waals surface area contributed by atoms with Gasteiger partial charge >= 0.3 is 0 Å². The monoisotopic (exact) mass is 413 g/mol. The van der Waals surface area contributed by atoms with Gasteiger partial charge in [-0.15, -0.1) is 0 Å². The van der Waals surface area contributed by atoms with Crippen molar-refractivity contribution < 1.29 is 18.3 Å². The van der Waals surface area contributed by atoms with E-state index in [1.54, 1.807) is 21.1 Å². The molecule has 0 aliphatic carbocycles. The van der Waals surface area contributed by atoms with E-state index in [9.17, 15) is 13.6 Å². The predicted octanol–water partition coefficient (Wildman–Crippen LogP) is 3.38. The molecule has 9 nitrogen and oxygen atoms in total. The third kappa shape index (κ3) is 6.34. The molecule has 2 N–H and O–H groups in total. The third-order valence-corrected chi connectivity index (χ3v) is 4.04. The third-order valence-electron chi connectivity index (χ3n) is 4.04. The molecule has 0 aliphatic heterocycles. The minimum atomic E-state index is -2.78. The summed E-state index contributed by atoms with van der Waals surface area (Å²) in [7, 11) is 5.12. The predicted molar refractivity (Wildman–Crippen MR) is 108 cm³/mol.